The van der Waals surface area contributed by atoms with E-state index in [9.17, 15) is 19.2 Å². The van der Waals surface area contributed by atoms with E-state index in [-0.39, 0.29) is 30.6 Å². The van der Waals surface area contributed by atoms with Crippen LogP contribution in [0.15, 0.2) is 24.3 Å². The summed E-state index contributed by atoms with van der Waals surface area (Å²) in [6.45, 7) is 3.89. The van der Waals surface area contributed by atoms with Gasteiger partial charge in [0.1, 0.15) is 6.04 Å². The summed E-state index contributed by atoms with van der Waals surface area (Å²) in [6, 6.07) is 5.41. The molecule has 0 radical (unpaired) electrons. The number of carbonyl (C=O) groups excluding carboxylic acids is 4. The summed E-state index contributed by atoms with van der Waals surface area (Å²) in [4.78, 5) is 48.7. The van der Waals surface area contributed by atoms with E-state index < -0.39 is 17.9 Å². The molecular formula is C18H22N2O5. The van der Waals surface area contributed by atoms with Gasteiger partial charge in [-0.3, -0.25) is 19.3 Å². The van der Waals surface area contributed by atoms with Gasteiger partial charge in [0.25, 0.3) is 5.91 Å². The lowest BCUT2D eigenvalue weighted by Gasteiger charge is -2.19. The highest BCUT2D eigenvalue weighted by atomic mass is 16.5. The van der Waals surface area contributed by atoms with Crippen molar-refractivity contribution in [1.82, 2.24) is 5.32 Å². The van der Waals surface area contributed by atoms with Crippen LogP contribution in [0.25, 0.3) is 0 Å². The summed E-state index contributed by atoms with van der Waals surface area (Å²) >= 11 is 0. The van der Waals surface area contributed by atoms with Crippen LogP contribution in [0.4, 0.5) is 5.69 Å². The molecule has 1 aromatic carbocycles. The van der Waals surface area contributed by atoms with Gasteiger partial charge in [-0.1, -0.05) is 13.8 Å². The Hall–Kier alpha value is -2.70. The van der Waals surface area contributed by atoms with E-state index in [1.807, 2.05) is 13.8 Å². The predicted octanol–water partition coefficient (Wildman–Crippen LogP) is 1.66. The Kier molecular flexibility index (Phi) is 5.90. The maximum Gasteiger partial charge on any atom is 0.328 e. The van der Waals surface area contributed by atoms with Crippen molar-refractivity contribution in [1.29, 1.82) is 0 Å². The molecule has 1 aliphatic heterocycles. The van der Waals surface area contributed by atoms with Gasteiger partial charge < -0.3 is 10.1 Å². The molecule has 0 unspecified atom stereocenters. The van der Waals surface area contributed by atoms with Crippen LogP contribution in [-0.2, 0) is 19.1 Å². The number of ether oxygens (including phenoxy) is 1. The van der Waals surface area contributed by atoms with E-state index in [1.165, 1.54) is 19.2 Å². The van der Waals surface area contributed by atoms with E-state index >= 15 is 0 Å². The zero-order valence-corrected chi connectivity index (χ0v) is 14.6. The molecule has 1 heterocycles. The molecule has 7 heteroatoms. The molecule has 1 aliphatic rings. The largest absolute Gasteiger partial charge is 0.467 e. The van der Waals surface area contributed by atoms with Gasteiger partial charge in [0.15, 0.2) is 0 Å². The number of nitrogens with one attached hydrogen (secondary N) is 1. The second-order valence-corrected chi connectivity index (χ2v) is 6.35. The minimum atomic E-state index is -0.723. The van der Waals surface area contributed by atoms with Gasteiger partial charge in [0, 0.05) is 18.4 Å². The second kappa shape index (κ2) is 7.92. The third kappa shape index (κ3) is 4.43. The molecule has 25 heavy (non-hydrogen) atoms. The molecule has 7 nitrogen and oxygen atoms in total. The third-order valence-corrected chi connectivity index (χ3v) is 3.94. The van der Waals surface area contributed by atoms with Gasteiger partial charge in [-0.05, 0) is 36.6 Å². The Morgan fingerprint density at radius 3 is 2.16 bits per heavy atom. The minimum absolute atomic E-state index is 0.205. The summed E-state index contributed by atoms with van der Waals surface area (Å²) in [7, 11) is 1.28. The monoisotopic (exact) mass is 346 g/mol. The molecular weight excluding hydrogens is 324 g/mol. The third-order valence-electron chi connectivity index (χ3n) is 3.94. The van der Waals surface area contributed by atoms with Crippen molar-refractivity contribution in [3.05, 3.63) is 29.8 Å². The first kappa shape index (κ1) is 18.6. The fourth-order valence-electron chi connectivity index (χ4n) is 2.70. The minimum Gasteiger partial charge on any atom is -0.467 e. The van der Waals surface area contributed by atoms with Gasteiger partial charge >= 0.3 is 5.97 Å². The normalized spacial score (nSPS) is 15.4. The smallest absolute Gasteiger partial charge is 0.328 e. The van der Waals surface area contributed by atoms with Gasteiger partial charge in [-0.25, -0.2) is 4.79 Å². The molecule has 0 spiro atoms. The molecule has 1 saturated heterocycles. The van der Waals surface area contributed by atoms with Crippen molar-refractivity contribution in [2.75, 3.05) is 12.0 Å². The lowest BCUT2D eigenvalue weighted by Crippen LogP contribution is -2.42. The lowest BCUT2D eigenvalue weighted by molar-refractivity contribution is -0.143. The van der Waals surface area contributed by atoms with Crippen molar-refractivity contribution in [2.45, 2.75) is 39.2 Å². The number of amides is 3. The summed E-state index contributed by atoms with van der Waals surface area (Å²) in [5.74, 6) is -1.19. The summed E-state index contributed by atoms with van der Waals surface area (Å²) in [5.41, 5.74) is 0.774. The van der Waals surface area contributed by atoms with E-state index in [1.54, 1.807) is 12.1 Å². The Bertz CT molecular complexity index is 665. The average Bonchev–Trinajstić information content (AvgIpc) is 2.91. The Morgan fingerprint density at radius 2 is 1.68 bits per heavy atom. The highest BCUT2D eigenvalue weighted by molar-refractivity contribution is 6.19. The number of rotatable bonds is 6. The van der Waals surface area contributed by atoms with Crippen LogP contribution in [0, 0.1) is 5.92 Å². The predicted molar refractivity (Wildman–Crippen MR) is 90.9 cm³/mol. The van der Waals surface area contributed by atoms with Crippen LogP contribution in [0.5, 0.6) is 0 Å². The van der Waals surface area contributed by atoms with Crippen molar-refractivity contribution in [3.63, 3.8) is 0 Å². The maximum absolute atomic E-state index is 12.4. The van der Waals surface area contributed by atoms with Crippen LogP contribution in [0.3, 0.4) is 0 Å². The molecule has 1 atom stereocenters. The topological polar surface area (TPSA) is 92.8 Å². The molecule has 1 fully saturated rings. The first-order chi connectivity index (χ1) is 11.8. The van der Waals surface area contributed by atoms with Crippen molar-refractivity contribution >= 4 is 29.4 Å². The van der Waals surface area contributed by atoms with E-state index in [2.05, 4.69) is 5.32 Å². The number of hydrogen-bond acceptors (Lipinski definition) is 5. The van der Waals surface area contributed by atoms with Crippen molar-refractivity contribution in [3.8, 4) is 0 Å². The Morgan fingerprint density at radius 1 is 1.12 bits per heavy atom. The molecule has 0 bridgehead atoms. The molecule has 3 amide bonds. The molecule has 1 N–H and O–H groups in total. The number of nitrogens with zero attached hydrogens (tertiary/aromatic N) is 1. The summed E-state index contributed by atoms with van der Waals surface area (Å²) in [5, 5.41) is 2.66. The standard InChI is InChI=1S/C18H22N2O5/c1-11(2)10-14(18(24)25-3)19-17(23)12-4-6-13(7-5-12)20-15(21)8-9-16(20)22/h4-7,11,14H,8-10H2,1-3H3,(H,19,23)/t14-/m1/s1. The molecule has 0 aromatic heterocycles. The number of esters is 1. The summed E-state index contributed by atoms with van der Waals surface area (Å²) in [6.07, 6.45) is 0.876. The van der Waals surface area contributed by atoms with Gasteiger partial charge in [0.05, 0.1) is 12.8 Å². The van der Waals surface area contributed by atoms with Crippen LogP contribution in [0.2, 0.25) is 0 Å². The molecule has 134 valence electrons. The second-order valence-electron chi connectivity index (χ2n) is 6.35. The molecule has 0 saturated carbocycles. The zero-order valence-electron chi connectivity index (χ0n) is 14.6. The highest BCUT2D eigenvalue weighted by Gasteiger charge is 2.30. The first-order valence-corrected chi connectivity index (χ1v) is 8.18. The maximum atomic E-state index is 12.4. The van der Waals surface area contributed by atoms with E-state index in [0.717, 1.165) is 4.90 Å². The number of anilines is 1. The first-order valence-electron chi connectivity index (χ1n) is 8.18. The number of benzene rings is 1. The SMILES string of the molecule is COC(=O)[C@@H](CC(C)C)NC(=O)c1ccc(N2C(=O)CCC2=O)cc1. The van der Waals surface area contributed by atoms with Crippen LogP contribution in [0.1, 0.15) is 43.5 Å². The number of imide groups is 1. The van der Waals surface area contributed by atoms with Gasteiger partial charge in [-0.2, -0.15) is 0 Å². The lowest BCUT2D eigenvalue weighted by atomic mass is 10.0. The van der Waals surface area contributed by atoms with Gasteiger partial charge in [0.2, 0.25) is 11.8 Å². The van der Waals surface area contributed by atoms with E-state index in [4.69, 9.17) is 4.74 Å². The fraction of sp³-hybridized carbons (Fsp3) is 0.444. The van der Waals surface area contributed by atoms with Crippen LogP contribution >= 0.6 is 0 Å². The zero-order chi connectivity index (χ0) is 18.6. The fourth-order valence-corrected chi connectivity index (χ4v) is 2.70. The van der Waals surface area contributed by atoms with Crippen molar-refractivity contribution < 1.29 is 23.9 Å². The number of hydrogen-bond donors (Lipinski definition) is 1. The van der Waals surface area contributed by atoms with Crippen LogP contribution < -0.4 is 10.2 Å². The van der Waals surface area contributed by atoms with Gasteiger partial charge in [-0.15, -0.1) is 0 Å². The van der Waals surface area contributed by atoms with E-state index in [0.29, 0.717) is 17.7 Å². The molecule has 1 aromatic rings. The molecule has 2 rings (SSSR count). The Balaban J connectivity index is 2.10. The number of carbonyl (C=O) groups is 4. The Labute approximate surface area is 146 Å². The molecule has 0 aliphatic carbocycles. The average molecular weight is 346 g/mol. The van der Waals surface area contributed by atoms with Crippen molar-refractivity contribution in [2.24, 2.45) is 5.92 Å². The quantitative estimate of drug-likeness (QED) is 0.625. The highest BCUT2D eigenvalue weighted by Crippen LogP contribution is 2.22. The van der Waals surface area contributed by atoms with Crippen LogP contribution in [-0.4, -0.2) is 36.8 Å². The number of methoxy groups -OCH3 is 1. The summed E-state index contributed by atoms with van der Waals surface area (Å²) < 4.78 is 4.72.